The van der Waals surface area contributed by atoms with Crippen molar-refractivity contribution in [1.82, 2.24) is 0 Å². The first-order valence-electron chi connectivity index (χ1n) is 4.68. The Bertz CT molecular complexity index is 382. The Balaban J connectivity index is 2.41. The Morgan fingerprint density at radius 3 is 2.80 bits per heavy atom. The molecule has 2 N–H and O–H groups in total. The second-order valence-corrected chi connectivity index (χ2v) is 3.36. The molecule has 0 radical (unpaired) electrons. The predicted octanol–water partition coefficient (Wildman–Crippen LogP) is 2.42. The summed E-state index contributed by atoms with van der Waals surface area (Å²) in [6.45, 7) is 1.87. The van der Waals surface area contributed by atoms with Crippen LogP contribution >= 0.6 is 0 Å². The standard InChI is InChI=1S/C10H11F2NO2/c1-2-7(13)6-4-3-5-8-9(6)15-10(11,12)14-8/h3-5,7H,2,13H2,1H3/t7-/m1/s1. The van der Waals surface area contributed by atoms with E-state index >= 15 is 0 Å². The predicted molar refractivity (Wildman–Crippen MR) is 49.9 cm³/mol. The number of alkyl halides is 2. The van der Waals surface area contributed by atoms with Crippen molar-refractivity contribution in [3.8, 4) is 11.5 Å². The van der Waals surface area contributed by atoms with Crippen molar-refractivity contribution in [1.29, 1.82) is 0 Å². The van der Waals surface area contributed by atoms with Crippen LogP contribution in [0, 0.1) is 0 Å². The Labute approximate surface area is 85.8 Å². The number of benzene rings is 1. The van der Waals surface area contributed by atoms with Crippen LogP contribution in [0.1, 0.15) is 24.9 Å². The van der Waals surface area contributed by atoms with E-state index in [1.807, 2.05) is 6.92 Å². The largest absolute Gasteiger partial charge is 0.586 e. The van der Waals surface area contributed by atoms with Gasteiger partial charge in [-0.15, -0.1) is 8.78 Å². The van der Waals surface area contributed by atoms with E-state index in [1.54, 1.807) is 12.1 Å². The average Bonchev–Trinajstić information content (AvgIpc) is 2.49. The Morgan fingerprint density at radius 1 is 1.40 bits per heavy atom. The van der Waals surface area contributed by atoms with Crippen molar-refractivity contribution in [2.24, 2.45) is 5.73 Å². The number of ether oxygens (including phenoxy) is 2. The van der Waals surface area contributed by atoms with Gasteiger partial charge in [0, 0.05) is 11.6 Å². The van der Waals surface area contributed by atoms with Crippen molar-refractivity contribution in [3.05, 3.63) is 23.8 Å². The van der Waals surface area contributed by atoms with E-state index in [-0.39, 0.29) is 17.5 Å². The highest BCUT2D eigenvalue weighted by molar-refractivity contribution is 5.50. The summed E-state index contributed by atoms with van der Waals surface area (Å²) in [6.07, 6.45) is -2.93. The second kappa shape index (κ2) is 3.34. The van der Waals surface area contributed by atoms with Crippen LogP contribution in [0.2, 0.25) is 0 Å². The lowest BCUT2D eigenvalue weighted by Gasteiger charge is -2.11. The highest BCUT2D eigenvalue weighted by Gasteiger charge is 2.44. The van der Waals surface area contributed by atoms with Gasteiger partial charge in [0.25, 0.3) is 0 Å². The molecule has 0 saturated heterocycles. The molecule has 0 fully saturated rings. The minimum absolute atomic E-state index is 0.0430. The van der Waals surface area contributed by atoms with Gasteiger partial charge in [-0.25, -0.2) is 0 Å². The number of para-hydroxylation sites is 1. The molecule has 1 aliphatic heterocycles. The SMILES string of the molecule is CC[C@@H](N)c1cccc2c1OC(F)(F)O2. The van der Waals surface area contributed by atoms with Crippen LogP contribution in [0.4, 0.5) is 8.78 Å². The van der Waals surface area contributed by atoms with E-state index in [2.05, 4.69) is 9.47 Å². The first-order chi connectivity index (χ1) is 7.03. The lowest BCUT2D eigenvalue weighted by Crippen LogP contribution is -2.26. The maximum absolute atomic E-state index is 12.8. The minimum atomic E-state index is -3.58. The van der Waals surface area contributed by atoms with E-state index in [0.29, 0.717) is 12.0 Å². The molecule has 1 aromatic carbocycles. The molecule has 15 heavy (non-hydrogen) atoms. The topological polar surface area (TPSA) is 44.5 Å². The molecule has 1 heterocycles. The number of rotatable bonds is 2. The Hall–Kier alpha value is -1.36. The van der Waals surface area contributed by atoms with E-state index in [0.717, 1.165) is 0 Å². The summed E-state index contributed by atoms with van der Waals surface area (Å²) >= 11 is 0. The van der Waals surface area contributed by atoms with Crippen LogP contribution in [0.15, 0.2) is 18.2 Å². The van der Waals surface area contributed by atoms with Crippen molar-refractivity contribution in [2.75, 3.05) is 0 Å². The van der Waals surface area contributed by atoms with Crippen molar-refractivity contribution in [3.63, 3.8) is 0 Å². The summed E-state index contributed by atoms with van der Waals surface area (Å²) < 4.78 is 34.3. The third-order valence-corrected chi connectivity index (χ3v) is 2.30. The fourth-order valence-corrected chi connectivity index (χ4v) is 1.50. The molecule has 0 spiro atoms. The van der Waals surface area contributed by atoms with Gasteiger partial charge in [0.2, 0.25) is 0 Å². The van der Waals surface area contributed by atoms with Gasteiger partial charge in [-0.3, -0.25) is 0 Å². The normalized spacial score (nSPS) is 18.9. The summed E-state index contributed by atoms with van der Waals surface area (Å²) in [5.41, 5.74) is 6.32. The molecule has 3 nitrogen and oxygen atoms in total. The molecule has 0 saturated carbocycles. The van der Waals surface area contributed by atoms with Crippen LogP contribution in [-0.4, -0.2) is 6.29 Å². The van der Waals surface area contributed by atoms with Gasteiger partial charge in [-0.2, -0.15) is 0 Å². The quantitative estimate of drug-likeness (QED) is 0.823. The molecular formula is C10H11F2NO2. The fourth-order valence-electron chi connectivity index (χ4n) is 1.50. The maximum Gasteiger partial charge on any atom is 0.586 e. The lowest BCUT2D eigenvalue weighted by atomic mass is 10.0. The van der Waals surface area contributed by atoms with E-state index in [4.69, 9.17) is 5.73 Å². The molecule has 1 aliphatic rings. The summed E-state index contributed by atoms with van der Waals surface area (Å²) in [7, 11) is 0. The van der Waals surface area contributed by atoms with Gasteiger partial charge in [-0.1, -0.05) is 19.1 Å². The highest BCUT2D eigenvalue weighted by atomic mass is 19.3. The first-order valence-corrected chi connectivity index (χ1v) is 4.68. The van der Waals surface area contributed by atoms with Gasteiger partial charge >= 0.3 is 6.29 Å². The average molecular weight is 215 g/mol. The maximum atomic E-state index is 12.8. The molecule has 0 unspecified atom stereocenters. The van der Waals surface area contributed by atoms with E-state index in [9.17, 15) is 8.78 Å². The van der Waals surface area contributed by atoms with Gasteiger partial charge in [-0.05, 0) is 12.5 Å². The van der Waals surface area contributed by atoms with Gasteiger partial charge < -0.3 is 15.2 Å². The van der Waals surface area contributed by atoms with E-state index in [1.165, 1.54) is 6.07 Å². The van der Waals surface area contributed by atoms with E-state index < -0.39 is 6.29 Å². The number of nitrogens with two attached hydrogens (primary N) is 1. The summed E-state index contributed by atoms with van der Waals surface area (Å²) in [6, 6.07) is 4.39. The molecule has 5 heteroatoms. The molecular weight excluding hydrogens is 204 g/mol. The number of fused-ring (bicyclic) bond motifs is 1. The molecule has 0 bridgehead atoms. The smallest absolute Gasteiger partial charge is 0.395 e. The molecule has 0 amide bonds. The third-order valence-electron chi connectivity index (χ3n) is 2.30. The van der Waals surface area contributed by atoms with Crippen LogP contribution in [0.5, 0.6) is 11.5 Å². The Morgan fingerprint density at radius 2 is 2.13 bits per heavy atom. The molecule has 0 aliphatic carbocycles. The molecule has 1 aromatic rings. The molecule has 0 aromatic heterocycles. The lowest BCUT2D eigenvalue weighted by molar-refractivity contribution is -0.287. The highest BCUT2D eigenvalue weighted by Crippen LogP contribution is 2.44. The molecule has 1 atom stereocenters. The number of hydrogen-bond donors (Lipinski definition) is 1. The van der Waals surface area contributed by atoms with Crippen LogP contribution in [0.25, 0.3) is 0 Å². The number of halogens is 2. The summed E-state index contributed by atoms with van der Waals surface area (Å²) in [5.74, 6) is 0.0956. The zero-order valence-electron chi connectivity index (χ0n) is 8.17. The molecule has 2 rings (SSSR count). The van der Waals surface area contributed by atoms with Crippen molar-refractivity contribution >= 4 is 0 Å². The van der Waals surface area contributed by atoms with Gasteiger partial charge in [0.05, 0.1) is 0 Å². The fraction of sp³-hybridized carbons (Fsp3) is 0.400. The second-order valence-electron chi connectivity index (χ2n) is 3.36. The van der Waals surface area contributed by atoms with Crippen molar-refractivity contribution < 1.29 is 18.3 Å². The Kier molecular flexibility index (Phi) is 2.26. The van der Waals surface area contributed by atoms with Crippen molar-refractivity contribution in [2.45, 2.75) is 25.7 Å². The van der Waals surface area contributed by atoms with Crippen LogP contribution in [-0.2, 0) is 0 Å². The number of hydrogen-bond acceptors (Lipinski definition) is 3. The first kappa shape index (κ1) is 10.2. The zero-order chi connectivity index (χ0) is 11.1. The zero-order valence-corrected chi connectivity index (χ0v) is 8.17. The van der Waals surface area contributed by atoms with Crippen LogP contribution in [0.3, 0.4) is 0 Å². The summed E-state index contributed by atoms with van der Waals surface area (Å²) in [5, 5.41) is 0. The molecule has 82 valence electrons. The monoisotopic (exact) mass is 215 g/mol. The third kappa shape index (κ3) is 1.74. The van der Waals surface area contributed by atoms with Gasteiger partial charge in [0.1, 0.15) is 0 Å². The van der Waals surface area contributed by atoms with Gasteiger partial charge in [0.15, 0.2) is 11.5 Å². The minimum Gasteiger partial charge on any atom is -0.395 e. The summed E-state index contributed by atoms with van der Waals surface area (Å²) in [4.78, 5) is 0. The van der Waals surface area contributed by atoms with Crippen LogP contribution < -0.4 is 15.2 Å².